The molecular formula is C10H13N3O. The average molecular weight is 191 g/mol. The minimum atomic E-state index is -0.145. The number of rotatable bonds is 1. The zero-order valence-electron chi connectivity index (χ0n) is 7.94. The van der Waals surface area contributed by atoms with Gasteiger partial charge in [0.05, 0.1) is 12.1 Å². The number of likely N-dealkylation sites (tertiary alicyclic amines) is 1. The summed E-state index contributed by atoms with van der Waals surface area (Å²) in [5.74, 6) is 0.788. The van der Waals surface area contributed by atoms with Crippen molar-refractivity contribution < 1.29 is 4.79 Å². The molecule has 2 heterocycles. The van der Waals surface area contributed by atoms with Gasteiger partial charge in [-0.05, 0) is 31.7 Å². The van der Waals surface area contributed by atoms with Crippen LogP contribution in [0.2, 0.25) is 0 Å². The molecule has 2 saturated heterocycles. The minimum absolute atomic E-state index is 0.00481. The van der Waals surface area contributed by atoms with E-state index in [0.717, 1.165) is 25.8 Å². The monoisotopic (exact) mass is 191 g/mol. The minimum Gasteiger partial charge on any atom is -0.322 e. The predicted molar refractivity (Wildman–Crippen MR) is 49.2 cm³/mol. The molecule has 1 N–H and O–H groups in total. The Morgan fingerprint density at radius 2 is 2.29 bits per heavy atom. The first-order chi connectivity index (χ1) is 6.81. The van der Waals surface area contributed by atoms with Gasteiger partial charge in [-0.3, -0.25) is 4.79 Å². The number of carbonyl (C=O) groups excluding carboxylic acids is 1. The molecule has 0 aromatic heterocycles. The maximum atomic E-state index is 11.9. The molecule has 74 valence electrons. The maximum absolute atomic E-state index is 11.9. The van der Waals surface area contributed by atoms with Gasteiger partial charge in [0.15, 0.2) is 0 Å². The van der Waals surface area contributed by atoms with E-state index < -0.39 is 0 Å². The highest BCUT2D eigenvalue weighted by Crippen LogP contribution is 2.47. The van der Waals surface area contributed by atoms with Crippen molar-refractivity contribution in [3.8, 4) is 6.07 Å². The van der Waals surface area contributed by atoms with E-state index in [1.807, 2.05) is 4.90 Å². The summed E-state index contributed by atoms with van der Waals surface area (Å²) < 4.78 is 0. The zero-order valence-corrected chi connectivity index (χ0v) is 7.94. The van der Waals surface area contributed by atoms with Crippen molar-refractivity contribution in [2.75, 3.05) is 6.54 Å². The van der Waals surface area contributed by atoms with Gasteiger partial charge in [0.2, 0.25) is 5.91 Å². The lowest BCUT2D eigenvalue weighted by atomic mass is 10.1. The smallest absolute Gasteiger partial charge is 0.241 e. The largest absolute Gasteiger partial charge is 0.322 e. The molecule has 3 aliphatic rings. The third-order valence-electron chi connectivity index (χ3n) is 3.63. The van der Waals surface area contributed by atoms with Gasteiger partial charge in [0, 0.05) is 6.04 Å². The summed E-state index contributed by atoms with van der Waals surface area (Å²) in [4.78, 5) is 13.8. The number of hydrogen-bond donors (Lipinski definition) is 1. The van der Waals surface area contributed by atoms with Crippen LogP contribution < -0.4 is 5.32 Å². The Labute approximate surface area is 82.9 Å². The van der Waals surface area contributed by atoms with E-state index in [4.69, 9.17) is 5.26 Å². The summed E-state index contributed by atoms with van der Waals surface area (Å²) in [5, 5.41) is 12.0. The van der Waals surface area contributed by atoms with E-state index >= 15 is 0 Å². The van der Waals surface area contributed by atoms with Crippen molar-refractivity contribution >= 4 is 5.91 Å². The lowest BCUT2D eigenvalue weighted by Crippen LogP contribution is -2.56. The molecule has 3 fully saturated rings. The standard InChI is InChI=1S/C10H13N3O/c11-5-7-3-6-4-9(6)13(7)10(14)8-1-2-12-8/h6-9,12H,1-4H2/t6-,7+,8+,9+/m1/s1. The van der Waals surface area contributed by atoms with Crippen LogP contribution in [-0.4, -0.2) is 35.5 Å². The molecule has 14 heavy (non-hydrogen) atoms. The molecular weight excluding hydrogens is 178 g/mol. The fourth-order valence-corrected chi connectivity index (χ4v) is 2.57. The number of nitrogens with zero attached hydrogens (tertiary/aromatic N) is 2. The van der Waals surface area contributed by atoms with Gasteiger partial charge < -0.3 is 10.2 Å². The van der Waals surface area contributed by atoms with Crippen LogP contribution in [0.25, 0.3) is 0 Å². The molecule has 0 bridgehead atoms. The molecule has 0 aromatic rings. The molecule has 0 aromatic carbocycles. The average Bonchev–Trinajstić information content (AvgIpc) is 2.74. The number of amides is 1. The molecule has 1 amide bonds. The van der Waals surface area contributed by atoms with Crippen molar-refractivity contribution in [1.82, 2.24) is 10.2 Å². The van der Waals surface area contributed by atoms with E-state index in [2.05, 4.69) is 11.4 Å². The summed E-state index contributed by atoms with van der Waals surface area (Å²) in [6, 6.07) is 2.49. The van der Waals surface area contributed by atoms with Crippen molar-refractivity contribution in [2.45, 2.75) is 37.4 Å². The van der Waals surface area contributed by atoms with Crippen LogP contribution in [0.1, 0.15) is 19.3 Å². The molecule has 4 nitrogen and oxygen atoms in total. The number of hydrogen-bond acceptors (Lipinski definition) is 3. The summed E-state index contributed by atoms with van der Waals surface area (Å²) >= 11 is 0. The van der Waals surface area contributed by atoms with Crippen LogP contribution in [0, 0.1) is 17.2 Å². The fourth-order valence-electron chi connectivity index (χ4n) is 2.57. The van der Waals surface area contributed by atoms with Gasteiger partial charge in [0.1, 0.15) is 6.04 Å². The second-order valence-electron chi connectivity index (χ2n) is 4.48. The van der Waals surface area contributed by atoms with Crippen LogP contribution in [0.5, 0.6) is 0 Å². The summed E-state index contributed by atoms with van der Waals surface area (Å²) in [5.41, 5.74) is 0. The predicted octanol–water partition coefficient (Wildman–Crippen LogP) is -0.139. The third kappa shape index (κ3) is 0.992. The lowest BCUT2D eigenvalue weighted by Gasteiger charge is -2.33. The first kappa shape index (κ1) is 8.25. The maximum Gasteiger partial charge on any atom is 0.241 e. The van der Waals surface area contributed by atoms with Crippen molar-refractivity contribution in [1.29, 1.82) is 5.26 Å². The Morgan fingerprint density at radius 3 is 2.86 bits per heavy atom. The van der Waals surface area contributed by atoms with Crippen LogP contribution in [0.3, 0.4) is 0 Å². The van der Waals surface area contributed by atoms with Gasteiger partial charge in [-0.1, -0.05) is 0 Å². The SMILES string of the molecule is N#C[C@@H]1C[C@@H]2C[C@@H]2N1C(=O)[C@@H]1CCN1. The van der Waals surface area contributed by atoms with Crippen LogP contribution in [-0.2, 0) is 4.79 Å². The molecule has 1 aliphatic carbocycles. The fraction of sp³-hybridized carbons (Fsp3) is 0.800. The number of piperidine rings is 1. The highest BCUT2D eigenvalue weighted by molar-refractivity contribution is 5.84. The summed E-state index contributed by atoms with van der Waals surface area (Å²) in [6.45, 7) is 0.940. The summed E-state index contributed by atoms with van der Waals surface area (Å²) in [7, 11) is 0. The van der Waals surface area contributed by atoms with Gasteiger partial charge in [-0.2, -0.15) is 5.26 Å². The van der Waals surface area contributed by atoms with E-state index in [1.165, 1.54) is 0 Å². The molecule has 0 unspecified atom stereocenters. The molecule has 4 heteroatoms. The van der Waals surface area contributed by atoms with Crippen molar-refractivity contribution in [3.05, 3.63) is 0 Å². The normalized spacial score (nSPS) is 43.8. The number of fused-ring (bicyclic) bond motifs is 1. The van der Waals surface area contributed by atoms with E-state index in [-0.39, 0.29) is 18.0 Å². The Bertz CT molecular complexity index is 318. The van der Waals surface area contributed by atoms with Crippen LogP contribution >= 0.6 is 0 Å². The Morgan fingerprint density at radius 1 is 1.50 bits per heavy atom. The van der Waals surface area contributed by atoms with Crippen molar-refractivity contribution in [3.63, 3.8) is 0 Å². The number of nitrogens with one attached hydrogen (secondary N) is 1. The number of carbonyl (C=O) groups is 1. The highest BCUT2D eigenvalue weighted by atomic mass is 16.2. The molecule has 0 radical (unpaired) electrons. The van der Waals surface area contributed by atoms with E-state index in [0.29, 0.717) is 12.0 Å². The van der Waals surface area contributed by atoms with Crippen LogP contribution in [0.4, 0.5) is 0 Å². The lowest BCUT2D eigenvalue weighted by molar-refractivity contribution is -0.136. The van der Waals surface area contributed by atoms with Gasteiger partial charge in [0.25, 0.3) is 0 Å². The quantitative estimate of drug-likeness (QED) is 0.627. The molecule has 3 rings (SSSR count). The topological polar surface area (TPSA) is 56.1 Å². The Hall–Kier alpha value is -1.08. The summed E-state index contributed by atoms with van der Waals surface area (Å²) in [6.07, 6.45) is 2.96. The molecule has 0 spiro atoms. The molecule has 1 saturated carbocycles. The molecule has 4 atom stereocenters. The second-order valence-corrected chi connectivity index (χ2v) is 4.48. The highest BCUT2D eigenvalue weighted by Gasteiger charge is 2.55. The van der Waals surface area contributed by atoms with E-state index in [1.54, 1.807) is 0 Å². The Kier molecular flexibility index (Phi) is 1.59. The third-order valence-corrected chi connectivity index (χ3v) is 3.63. The van der Waals surface area contributed by atoms with Crippen LogP contribution in [0.15, 0.2) is 0 Å². The van der Waals surface area contributed by atoms with Gasteiger partial charge >= 0.3 is 0 Å². The number of nitriles is 1. The molecule has 2 aliphatic heterocycles. The first-order valence-corrected chi connectivity index (χ1v) is 5.26. The van der Waals surface area contributed by atoms with Crippen molar-refractivity contribution in [2.24, 2.45) is 5.92 Å². The zero-order chi connectivity index (χ0) is 9.71. The van der Waals surface area contributed by atoms with E-state index in [9.17, 15) is 4.79 Å². The first-order valence-electron chi connectivity index (χ1n) is 5.26. The second kappa shape index (κ2) is 2.71. The Balaban J connectivity index is 1.75. The van der Waals surface area contributed by atoms with Gasteiger partial charge in [-0.25, -0.2) is 0 Å². The van der Waals surface area contributed by atoms with Gasteiger partial charge in [-0.15, -0.1) is 0 Å².